The minimum Gasteiger partial charge on any atom is -0.291 e. The number of nitrogens with one attached hydrogen (secondary N) is 1. The molecule has 0 fully saturated rings. The van der Waals surface area contributed by atoms with E-state index in [-0.39, 0.29) is 6.42 Å². The number of halogens is 1. The van der Waals surface area contributed by atoms with Gasteiger partial charge in [0.2, 0.25) is 0 Å². The summed E-state index contributed by atoms with van der Waals surface area (Å²) in [4.78, 5) is 11.0. The summed E-state index contributed by atoms with van der Waals surface area (Å²) in [6, 6.07) is 0. The van der Waals surface area contributed by atoms with Gasteiger partial charge in [0.05, 0.1) is 11.8 Å². The molecule has 11 heavy (non-hydrogen) atoms. The molecule has 0 aromatic carbocycles. The molecular weight excluding hydrogens is 147 g/mol. The molecule has 1 N–H and O–H groups in total. The topological polar surface area (TPSA) is 45.8 Å². The number of carbonyl (C=O) groups excluding carboxylic acids is 1. The first kappa shape index (κ1) is 6.52. The Morgan fingerprint density at radius 3 is 3.36 bits per heavy atom. The second kappa shape index (κ2) is 2.15. The molecule has 0 aliphatic heterocycles. The van der Waals surface area contributed by atoms with Gasteiger partial charge in [-0.3, -0.25) is 9.89 Å². The van der Waals surface area contributed by atoms with Gasteiger partial charge in [0, 0.05) is 5.69 Å². The van der Waals surface area contributed by atoms with Crippen molar-refractivity contribution in [2.24, 2.45) is 0 Å². The summed E-state index contributed by atoms with van der Waals surface area (Å²) in [5.74, 6) is -0.431. The third-order valence-corrected chi connectivity index (χ3v) is 1.92. The number of Topliss-reactive ketones (excluding diaryl/α,β-unsaturated/α-hetero) is 1. The second-order valence-corrected chi connectivity index (χ2v) is 2.63. The van der Waals surface area contributed by atoms with E-state index in [2.05, 4.69) is 10.2 Å². The van der Waals surface area contributed by atoms with E-state index in [0.717, 1.165) is 5.69 Å². The van der Waals surface area contributed by atoms with Crippen molar-refractivity contribution in [3.8, 4) is 0 Å². The van der Waals surface area contributed by atoms with Crippen molar-refractivity contribution in [3.05, 3.63) is 17.5 Å². The Labute approximate surface area is 62.6 Å². The van der Waals surface area contributed by atoms with Crippen molar-refractivity contribution in [2.75, 3.05) is 0 Å². The summed E-state index contributed by atoms with van der Waals surface area (Å²) < 4.78 is 12.7. The van der Waals surface area contributed by atoms with Gasteiger partial charge in [-0.1, -0.05) is 0 Å². The average molecular weight is 154 g/mol. The maximum absolute atomic E-state index is 12.7. The van der Waals surface area contributed by atoms with Crippen molar-refractivity contribution < 1.29 is 9.18 Å². The molecule has 1 heterocycles. The van der Waals surface area contributed by atoms with E-state index in [9.17, 15) is 9.18 Å². The molecule has 0 spiro atoms. The van der Waals surface area contributed by atoms with E-state index in [1.54, 1.807) is 0 Å². The number of nitrogens with zero attached hydrogens (tertiary/aromatic N) is 1. The maximum Gasteiger partial charge on any atom is 0.200 e. The van der Waals surface area contributed by atoms with Crippen molar-refractivity contribution in [1.29, 1.82) is 0 Å². The number of H-pyrrole nitrogens is 1. The van der Waals surface area contributed by atoms with Crippen molar-refractivity contribution in [2.45, 2.75) is 19.0 Å². The first-order valence-electron chi connectivity index (χ1n) is 3.49. The van der Waals surface area contributed by atoms with Crippen molar-refractivity contribution >= 4 is 5.78 Å². The number of alkyl halides is 1. The van der Waals surface area contributed by atoms with Gasteiger partial charge in [0.25, 0.3) is 0 Å². The Morgan fingerprint density at radius 2 is 2.55 bits per heavy atom. The molecule has 1 atom stereocenters. The summed E-state index contributed by atoms with van der Waals surface area (Å²) in [6.45, 7) is 0. The largest absolute Gasteiger partial charge is 0.291 e. The molecule has 1 aromatic rings. The lowest BCUT2D eigenvalue weighted by Gasteiger charge is -2.12. The van der Waals surface area contributed by atoms with Gasteiger partial charge >= 0.3 is 0 Å². The highest BCUT2D eigenvalue weighted by molar-refractivity contribution is 6.01. The smallest absolute Gasteiger partial charge is 0.200 e. The van der Waals surface area contributed by atoms with Gasteiger partial charge in [-0.2, -0.15) is 5.10 Å². The van der Waals surface area contributed by atoms with Crippen LogP contribution in [0, 0.1) is 0 Å². The molecule has 4 heteroatoms. The van der Waals surface area contributed by atoms with Crippen LogP contribution in [-0.4, -0.2) is 22.2 Å². The van der Waals surface area contributed by atoms with Gasteiger partial charge in [-0.15, -0.1) is 0 Å². The molecule has 1 aromatic heterocycles. The first-order valence-corrected chi connectivity index (χ1v) is 3.49. The van der Waals surface area contributed by atoms with Crippen molar-refractivity contribution in [3.63, 3.8) is 0 Å². The fraction of sp³-hybridized carbons (Fsp3) is 0.429. The summed E-state index contributed by atoms with van der Waals surface area (Å²) in [6.07, 6.45) is 0.944. The van der Waals surface area contributed by atoms with Crippen LogP contribution in [0.5, 0.6) is 0 Å². The molecule has 0 radical (unpaired) electrons. The van der Waals surface area contributed by atoms with Crippen LogP contribution in [0.4, 0.5) is 4.39 Å². The molecule has 2 rings (SSSR count). The normalized spacial score (nSPS) is 23.4. The number of aromatic nitrogens is 2. The van der Waals surface area contributed by atoms with Gasteiger partial charge in [-0.05, 0) is 12.8 Å². The SMILES string of the molecule is O=C1c2cn[nH]c2CCC1F. The first-order chi connectivity index (χ1) is 5.29. The monoisotopic (exact) mass is 154 g/mol. The molecule has 0 bridgehead atoms. The van der Waals surface area contributed by atoms with Crippen LogP contribution in [0.1, 0.15) is 22.5 Å². The van der Waals surface area contributed by atoms with Crippen LogP contribution in [0.15, 0.2) is 6.20 Å². The Kier molecular flexibility index (Phi) is 1.27. The van der Waals surface area contributed by atoms with Crippen LogP contribution < -0.4 is 0 Å². The van der Waals surface area contributed by atoms with E-state index in [0.29, 0.717) is 12.0 Å². The number of aromatic amines is 1. The molecular formula is C7H7FN2O. The van der Waals surface area contributed by atoms with Crippen LogP contribution >= 0.6 is 0 Å². The third-order valence-electron chi connectivity index (χ3n) is 1.92. The Bertz CT molecular complexity index is 294. The van der Waals surface area contributed by atoms with E-state index in [1.165, 1.54) is 6.20 Å². The Hall–Kier alpha value is -1.19. The Morgan fingerprint density at radius 1 is 1.73 bits per heavy atom. The maximum atomic E-state index is 12.7. The quantitative estimate of drug-likeness (QED) is 0.602. The van der Waals surface area contributed by atoms with Gasteiger partial charge < -0.3 is 0 Å². The minimum atomic E-state index is -1.32. The van der Waals surface area contributed by atoms with Crippen LogP contribution in [-0.2, 0) is 6.42 Å². The van der Waals surface area contributed by atoms with Crippen LogP contribution in [0.2, 0.25) is 0 Å². The second-order valence-electron chi connectivity index (χ2n) is 2.63. The number of aryl methyl sites for hydroxylation is 1. The highest BCUT2D eigenvalue weighted by atomic mass is 19.1. The van der Waals surface area contributed by atoms with Gasteiger partial charge in [0.1, 0.15) is 0 Å². The predicted molar refractivity (Wildman–Crippen MR) is 36.1 cm³/mol. The number of ketones is 1. The molecule has 1 aliphatic rings. The highest BCUT2D eigenvalue weighted by Gasteiger charge is 2.27. The van der Waals surface area contributed by atoms with E-state index in [1.807, 2.05) is 0 Å². The summed E-state index contributed by atoms with van der Waals surface area (Å²) in [5, 5.41) is 6.35. The molecule has 0 saturated carbocycles. The molecule has 3 nitrogen and oxygen atoms in total. The number of fused-ring (bicyclic) bond motifs is 1. The standard InChI is InChI=1S/C7H7FN2O/c8-5-1-2-6-4(7(5)11)3-9-10-6/h3,5H,1-2H2,(H,9,10). The zero-order chi connectivity index (χ0) is 7.84. The molecule has 58 valence electrons. The minimum absolute atomic E-state index is 0.286. The fourth-order valence-electron chi connectivity index (χ4n) is 1.29. The number of rotatable bonds is 0. The summed E-state index contributed by atoms with van der Waals surface area (Å²) in [7, 11) is 0. The average Bonchev–Trinajstić information content (AvgIpc) is 2.45. The lowest BCUT2D eigenvalue weighted by molar-refractivity contribution is 0.0856. The zero-order valence-corrected chi connectivity index (χ0v) is 5.80. The molecule has 0 saturated heterocycles. The number of hydrogen-bond acceptors (Lipinski definition) is 2. The number of carbonyl (C=O) groups is 1. The van der Waals surface area contributed by atoms with Crippen LogP contribution in [0.3, 0.4) is 0 Å². The van der Waals surface area contributed by atoms with E-state index in [4.69, 9.17) is 0 Å². The molecule has 1 unspecified atom stereocenters. The van der Waals surface area contributed by atoms with Gasteiger partial charge in [0.15, 0.2) is 12.0 Å². The van der Waals surface area contributed by atoms with Crippen molar-refractivity contribution in [1.82, 2.24) is 10.2 Å². The van der Waals surface area contributed by atoms with Crippen LogP contribution in [0.25, 0.3) is 0 Å². The summed E-state index contributed by atoms with van der Waals surface area (Å²) >= 11 is 0. The zero-order valence-electron chi connectivity index (χ0n) is 5.80. The Balaban J connectivity index is 2.46. The molecule has 1 aliphatic carbocycles. The summed E-state index contributed by atoms with van der Waals surface area (Å²) in [5.41, 5.74) is 1.19. The number of hydrogen-bond donors (Lipinski definition) is 1. The molecule has 0 amide bonds. The predicted octanol–water partition coefficient (Wildman–Crippen LogP) is 0.877. The lowest BCUT2D eigenvalue weighted by atomic mass is 9.95. The lowest BCUT2D eigenvalue weighted by Crippen LogP contribution is -2.22. The van der Waals surface area contributed by atoms with E-state index < -0.39 is 12.0 Å². The highest BCUT2D eigenvalue weighted by Crippen LogP contribution is 2.20. The van der Waals surface area contributed by atoms with Gasteiger partial charge in [-0.25, -0.2) is 4.39 Å². The third kappa shape index (κ3) is 0.859. The fourth-order valence-corrected chi connectivity index (χ4v) is 1.29. The van der Waals surface area contributed by atoms with E-state index >= 15 is 0 Å².